The number of sulfonamides is 1. The molecular formula is C17H19N5O6S. The van der Waals surface area contributed by atoms with Gasteiger partial charge in [0.25, 0.3) is 0 Å². The summed E-state index contributed by atoms with van der Waals surface area (Å²) in [6.45, 7) is 2.39. The van der Waals surface area contributed by atoms with Crippen molar-refractivity contribution >= 4 is 16.0 Å². The predicted molar refractivity (Wildman–Crippen MR) is 99.6 cm³/mol. The molecule has 1 N–H and O–H groups in total. The molecule has 1 aromatic carbocycles. The number of rotatable bonds is 8. The van der Waals surface area contributed by atoms with Crippen LogP contribution in [0.15, 0.2) is 40.0 Å². The summed E-state index contributed by atoms with van der Waals surface area (Å²) >= 11 is 0. The second-order valence-electron chi connectivity index (χ2n) is 5.78. The highest BCUT2D eigenvalue weighted by atomic mass is 32.2. The van der Waals surface area contributed by atoms with Crippen molar-refractivity contribution in [3.8, 4) is 17.1 Å². The maximum atomic E-state index is 12.7. The fourth-order valence-corrected chi connectivity index (χ4v) is 3.63. The molecule has 0 radical (unpaired) electrons. The number of aromatic nitrogens is 4. The number of esters is 1. The first kappa shape index (κ1) is 20.5. The van der Waals surface area contributed by atoms with Gasteiger partial charge >= 0.3 is 5.97 Å². The lowest BCUT2D eigenvalue weighted by Gasteiger charge is -2.11. The van der Waals surface area contributed by atoms with Crippen LogP contribution in [-0.4, -0.2) is 48.5 Å². The van der Waals surface area contributed by atoms with Gasteiger partial charge in [-0.1, -0.05) is 5.16 Å². The molecule has 0 amide bonds. The van der Waals surface area contributed by atoms with Crippen molar-refractivity contribution in [3.63, 3.8) is 0 Å². The zero-order valence-electron chi connectivity index (χ0n) is 15.9. The number of nitrogens with one attached hydrogen (secondary N) is 1. The molecular weight excluding hydrogens is 402 g/mol. The van der Waals surface area contributed by atoms with Crippen molar-refractivity contribution in [2.45, 2.75) is 24.9 Å². The molecule has 0 saturated carbocycles. The Labute approximate surface area is 166 Å². The van der Waals surface area contributed by atoms with E-state index in [1.165, 1.54) is 32.4 Å². The Bertz CT molecular complexity index is 1120. The van der Waals surface area contributed by atoms with E-state index in [1.54, 1.807) is 17.1 Å². The minimum Gasteiger partial charge on any atom is -0.495 e. The highest BCUT2D eigenvalue weighted by Crippen LogP contribution is 2.25. The van der Waals surface area contributed by atoms with Crippen molar-refractivity contribution in [1.82, 2.24) is 24.6 Å². The summed E-state index contributed by atoms with van der Waals surface area (Å²) in [6, 6.07) is 3.95. The summed E-state index contributed by atoms with van der Waals surface area (Å²) in [5.41, 5.74) is 0.721. The molecule has 0 aliphatic heterocycles. The van der Waals surface area contributed by atoms with E-state index in [9.17, 15) is 13.2 Å². The Morgan fingerprint density at radius 1 is 1.31 bits per heavy atom. The molecule has 0 unspecified atom stereocenters. The van der Waals surface area contributed by atoms with Crippen LogP contribution in [0.5, 0.6) is 5.75 Å². The van der Waals surface area contributed by atoms with Crippen LogP contribution in [0.4, 0.5) is 0 Å². The normalized spacial score (nSPS) is 11.4. The van der Waals surface area contributed by atoms with Crippen LogP contribution in [0.2, 0.25) is 0 Å². The lowest BCUT2D eigenvalue weighted by molar-refractivity contribution is 0.0600. The van der Waals surface area contributed by atoms with Gasteiger partial charge < -0.3 is 14.0 Å². The van der Waals surface area contributed by atoms with E-state index in [2.05, 4.69) is 24.7 Å². The second kappa shape index (κ2) is 8.41. The van der Waals surface area contributed by atoms with Crippen LogP contribution >= 0.6 is 0 Å². The third-order valence-electron chi connectivity index (χ3n) is 3.97. The summed E-state index contributed by atoms with van der Waals surface area (Å²) in [7, 11) is -1.52. The molecule has 29 heavy (non-hydrogen) atoms. The van der Waals surface area contributed by atoms with Crippen molar-refractivity contribution in [2.24, 2.45) is 0 Å². The van der Waals surface area contributed by atoms with E-state index in [-0.39, 0.29) is 28.6 Å². The molecule has 3 aromatic rings. The lowest BCUT2D eigenvalue weighted by atomic mass is 10.2. The smallest absolute Gasteiger partial charge is 0.337 e. The molecule has 0 atom stereocenters. The van der Waals surface area contributed by atoms with Gasteiger partial charge in [-0.25, -0.2) is 17.9 Å². The van der Waals surface area contributed by atoms with Crippen molar-refractivity contribution < 1.29 is 27.2 Å². The van der Waals surface area contributed by atoms with Gasteiger partial charge in [0.05, 0.1) is 38.1 Å². The van der Waals surface area contributed by atoms with Gasteiger partial charge in [0.1, 0.15) is 10.6 Å². The minimum atomic E-state index is -4.05. The SMILES string of the molecule is CCn1cc(-c2noc(CNS(=O)(=O)c3cc(C(=O)OC)ccc3OC)n2)cn1. The molecule has 154 valence electrons. The quantitative estimate of drug-likeness (QED) is 0.532. The summed E-state index contributed by atoms with van der Waals surface area (Å²) in [6.07, 6.45) is 3.34. The van der Waals surface area contributed by atoms with Crippen LogP contribution in [0.25, 0.3) is 11.4 Å². The lowest BCUT2D eigenvalue weighted by Crippen LogP contribution is -2.24. The van der Waals surface area contributed by atoms with E-state index in [0.717, 1.165) is 0 Å². The monoisotopic (exact) mass is 421 g/mol. The number of benzene rings is 1. The Morgan fingerprint density at radius 2 is 2.10 bits per heavy atom. The number of aryl methyl sites for hydroxylation is 1. The van der Waals surface area contributed by atoms with Crippen LogP contribution in [0.3, 0.4) is 0 Å². The minimum absolute atomic E-state index is 0.0657. The molecule has 12 heteroatoms. The Balaban J connectivity index is 1.79. The van der Waals surface area contributed by atoms with Gasteiger partial charge in [0.15, 0.2) is 0 Å². The first-order chi connectivity index (χ1) is 13.9. The predicted octanol–water partition coefficient (Wildman–Crippen LogP) is 1.23. The molecule has 11 nitrogen and oxygen atoms in total. The maximum Gasteiger partial charge on any atom is 0.337 e. The molecule has 2 heterocycles. The maximum absolute atomic E-state index is 12.7. The van der Waals surface area contributed by atoms with Crippen molar-refractivity contribution in [3.05, 3.63) is 42.0 Å². The highest BCUT2D eigenvalue weighted by molar-refractivity contribution is 7.89. The van der Waals surface area contributed by atoms with Crippen LogP contribution in [0.1, 0.15) is 23.2 Å². The van der Waals surface area contributed by atoms with Gasteiger partial charge in [-0.3, -0.25) is 4.68 Å². The first-order valence-electron chi connectivity index (χ1n) is 8.49. The standard InChI is InChI=1S/C17H19N5O6S/c1-4-22-10-12(8-18-22)16-20-15(28-21-16)9-19-29(24,25)14-7-11(17(23)27-3)5-6-13(14)26-2/h5-8,10,19H,4,9H2,1-3H3. The summed E-state index contributed by atoms with van der Waals surface area (Å²) in [4.78, 5) is 15.7. The molecule has 3 rings (SSSR count). The Kier molecular flexibility index (Phi) is 5.94. The number of carbonyl (C=O) groups excluding carboxylic acids is 1. The average Bonchev–Trinajstić information content (AvgIpc) is 3.40. The van der Waals surface area contributed by atoms with Crippen molar-refractivity contribution in [1.29, 1.82) is 0 Å². The zero-order chi connectivity index (χ0) is 21.0. The van der Waals surface area contributed by atoms with Gasteiger partial charge in [0.2, 0.25) is 21.7 Å². The topological polar surface area (TPSA) is 138 Å². The zero-order valence-corrected chi connectivity index (χ0v) is 16.8. The second-order valence-corrected chi connectivity index (χ2v) is 7.51. The van der Waals surface area contributed by atoms with Gasteiger partial charge in [-0.2, -0.15) is 10.1 Å². The fraction of sp³-hybridized carbons (Fsp3) is 0.294. The Morgan fingerprint density at radius 3 is 2.76 bits per heavy atom. The number of ether oxygens (including phenoxy) is 2. The third-order valence-corrected chi connectivity index (χ3v) is 5.39. The molecule has 0 saturated heterocycles. The largest absolute Gasteiger partial charge is 0.495 e. The van der Waals surface area contributed by atoms with Crippen LogP contribution in [0, 0.1) is 0 Å². The van der Waals surface area contributed by atoms with Gasteiger partial charge in [-0.15, -0.1) is 0 Å². The van der Waals surface area contributed by atoms with Crippen molar-refractivity contribution in [2.75, 3.05) is 14.2 Å². The number of nitrogens with zero attached hydrogens (tertiary/aromatic N) is 4. The highest BCUT2D eigenvalue weighted by Gasteiger charge is 2.23. The van der Waals surface area contributed by atoms with E-state index < -0.39 is 16.0 Å². The average molecular weight is 421 g/mol. The molecule has 0 aliphatic rings. The fourth-order valence-electron chi connectivity index (χ4n) is 2.46. The van der Waals surface area contributed by atoms with Gasteiger partial charge in [-0.05, 0) is 25.1 Å². The summed E-state index contributed by atoms with van der Waals surface area (Å²) in [5, 5.41) is 7.96. The summed E-state index contributed by atoms with van der Waals surface area (Å²) < 4.78 is 44.3. The van der Waals surface area contributed by atoms with E-state index in [0.29, 0.717) is 17.9 Å². The third kappa shape index (κ3) is 4.43. The molecule has 0 spiro atoms. The number of hydrogen-bond donors (Lipinski definition) is 1. The number of hydrogen-bond acceptors (Lipinski definition) is 9. The molecule has 0 aliphatic carbocycles. The number of carbonyl (C=O) groups is 1. The van der Waals surface area contributed by atoms with E-state index >= 15 is 0 Å². The first-order valence-corrected chi connectivity index (χ1v) is 9.97. The van der Waals surface area contributed by atoms with E-state index in [1.807, 2.05) is 6.92 Å². The Hall–Kier alpha value is -3.25. The van der Waals surface area contributed by atoms with E-state index in [4.69, 9.17) is 9.26 Å². The summed E-state index contributed by atoms with van der Waals surface area (Å²) in [5.74, 6) is -0.235. The van der Waals surface area contributed by atoms with Crippen LogP contribution < -0.4 is 9.46 Å². The molecule has 0 fully saturated rings. The van der Waals surface area contributed by atoms with Gasteiger partial charge in [0, 0.05) is 12.7 Å². The molecule has 0 bridgehead atoms. The molecule has 2 aromatic heterocycles. The number of methoxy groups -OCH3 is 2. The van der Waals surface area contributed by atoms with Crippen LogP contribution in [-0.2, 0) is 27.8 Å².